The molecule has 1 radical (unpaired) electrons. The van der Waals surface area contributed by atoms with Crippen molar-refractivity contribution in [3.05, 3.63) is 5.88 Å². The van der Waals surface area contributed by atoms with Crippen LogP contribution in [0.2, 0.25) is 0 Å². The molecule has 0 aliphatic rings. The van der Waals surface area contributed by atoms with Gasteiger partial charge in [0.1, 0.15) is 5.38 Å². The minimum Gasteiger partial charge on any atom is -0.197 e. The Hall–Kier alpha value is 0.0700. The second-order valence-corrected chi connectivity index (χ2v) is 1.38. The van der Waals surface area contributed by atoms with Crippen molar-refractivity contribution in [2.24, 2.45) is 0 Å². The van der Waals surface area contributed by atoms with Crippen LogP contribution < -0.4 is 0 Å². The van der Waals surface area contributed by atoms with Gasteiger partial charge in [0.25, 0.3) is 0 Å². The van der Waals surface area contributed by atoms with Crippen LogP contribution in [0.3, 0.4) is 0 Å². The molecular formula is C3H2Cl2N. The van der Waals surface area contributed by atoms with E-state index in [1.54, 1.807) is 6.07 Å². The number of hydrogen-bond donors (Lipinski definition) is 0. The first kappa shape index (κ1) is 6.07. The lowest BCUT2D eigenvalue weighted by Crippen LogP contribution is -1.85. The fraction of sp³-hybridized carbons (Fsp3) is 0.333. The Kier molecular flexibility index (Phi) is 3.31. The normalized spacial score (nSPS) is 12.8. The minimum absolute atomic E-state index is 0.647. The number of nitriles is 1. The molecule has 0 rings (SSSR count). The molecule has 0 aromatic carbocycles. The summed E-state index contributed by atoms with van der Waals surface area (Å²) in [5, 5.41) is 7.19. The van der Waals surface area contributed by atoms with E-state index >= 15 is 0 Å². The number of hydrogen-bond acceptors (Lipinski definition) is 1. The van der Waals surface area contributed by atoms with Crippen molar-refractivity contribution in [2.45, 2.75) is 5.38 Å². The first-order valence-corrected chi connectivity index (χ1v) is 2.15. The van der Waals surface area contributed by atoms with Crippen LogP contribution in [0.15, 0.2) is 0 Å². The zero-order chi connectivity index (χ0) is 4.99. The molecule has 0 aliphatic heterocycles. The third-order valence-electron chi connectivity index (χ3n) is 0.234. The van der Waals surface area contributed by atoms with Crippen molar-refractivity contribution in [1.29, 1.82) is 5.26 Å². The number of rotatable bonds is 1. The Morgan fingerprint density at radius 2 is 2.33 bits per heavy atom. The molecule has 0 heterocycles. The molecular weight excluding hydrogens is 121 g/mol. The van der Waals surface area contributed by atoms with Gasteiger partial charge in [-0.1, -0.05) is 0 Å². The summed E-state index contributed by atoms with van der Waals surface area (Å²) in [7, 11) is 0. The summed E-state index contributed by atoms with van der Waals surface area (Å²) in [6, 6.07) is 1.69. The van der Waals surface area contributed by atoms with Crippen LogP contribution in [0, 0.1) is 17.2 Å². The summed E-state index contributed by atoms with van der Waals surface area (Å²) >= 11 is 10.1. The highest BCUT2D eigenvalue weighted by Gasteiger charge is 1.94. The third-order valence-corrected chi connectivity index (χ3v) is 0.838. The second-order valence-electron chi connectivity index (χ2n) is 0.657. The lowest BCUT2D eigenvalue weighted by Gasteiger charge is -1.81. The topological polar surface area (TPSA) is 23.8 Å². The predicted octanol–water partition coefficient (Wildman–Crippen LogP) is 1.52. The van der Waals surface area contributed by atoms with Gasteiger partial charge in [-0.25, -0.2) is 0 Å². The van der Waals surface area contributed by atoms with Crippen LogP contribution in [-0.4, -0.2) is 5.38 Å². The Bertz CT molecular complexity index is 65.7. The van der Waals surface area contributed by atoms with Crippen molar-refractivity contribution >= 4 is 23.2 Å². The van der Waals surface area contributed by atoms with E-state index in [2.05, 4.69) is 0 Å². The molecule has 0 saturated heterocycles. The second kappa shape index (κ2) is 3.27. The van der Waals surface area contributed by atoms with Gasteiger partial charge < -0.3 is 0 Å². The average molecular weight is 123 g/mol. The van der Waals surface area contributed by atoms with Crippen molar-refractivity contribution in [1.82, 2.24) is 0 Å². The Morgan fingerprint density at radius 3 is 2.33 bits per heavy atom. The first-order valence-electron chi connectivity index (χ1n) is 1.28. The van der Waals surface area contributed by atoms with Crippen molar-refractivity contribution < 1.29 is 0 Å². The summed E-state index contributed by atoms with van der Waals surface area (Å²) in [5.74, 6) is 1.10. The van der Waals surface area contributed by atoms with Gasteiger partial charge in [0.2, 0.25) is 0 Å². The van der Waals surface area contributed by atoms with Crippen molar-refractivity contribution in [2.75, 3.05) is 0 Å². The zero-order valence-corrected chi connectivity index (χ0v) is 4.37. The lowest BCUT2D eigenvalue weighted by atomic mass is 10.5. The molecule has 0 aliphatic carbocycles. The molecule has 6 heavy (non-hydrogen) atoms. The van der Waals surface area contributed by atoms with Gasteiger partial charge in [-0.2, -0.15) is 5.26 Å². The molecule has 1 nitrogen and oxygen atoms in total. The Labute approximate surface area is 46.5 Å². The molecule has 0 N–H and O–H groups in total. The van der Waals surface area contributed by atoms with E-state index in [0.29, 0.717) is 0 Å². The lowest BCUT2D eigenvalue weighted by molar-refractivity contribution is 1.33. The largest absolute Gasteiger partial charge is 0.197 e. The molecule has 0 saturated carbocycles. The van der Waals surface area contributed by atoms with E-state index in [0.717, 1.165) is 5.88 Å². The summed E-state index contributed by atoms with van der Waals surface area (Å²) in [5.41, 5.74) is 0. The molecule has 0 amide bonds. The maximum absolute atomic E-state index is 7.84. The highest BCUT2D eigenvalue weighted by Crippen LogP contribution is 1.99. The summed E-state index contributed by atoms with van der Waals surface area (Å²) < 4.78 is 0. The molecule has 0 spiro atoms. The van der Waals surface area contributed by atoms with Crippen molar-refractivity contribution in [3.63, 3.8) is 0 Å². The van der Waals surface area contributed by atoms with Gasteiger partial charge in [-0.05, 0) is 0 Å². The fourth-order valence-corrected chi connectivity index (χ4v) is 0.0845. The summed E-state index contributed by atoms with van der Waals surface area (Å²) in [6.07, 6.45) is 0. The number of halogens is 2. The van der Waals surface area contributed by atoms with Crippen molar-refractivity contribution in [3.8, 4) is 6.07 Å². The van der Waals surface area contributed by atoms with Crippen LogP contribution in [-0.2, 0) is 0 Å². The van der Waals surface area contributed by atoms with Crippen LogP contribution in [0.5, 0.6) is 0 Å². The maximum atomic E-state index is 7.84. The fourth-order valence-electron chi connectivity index (χ4n) is 0.0282. The van der Waals surface area contributed by atoms with E-state index in [1.807, 2.05) is 0 Å². The standard InChI is InChI=1S/C3H2Cl2N/c4-1-3(5)2-6/h1,3H. The summed E-state index contributed by atoms with van der Waals surface area (Å²) in [6.45, 7) is 0. The highest BCUT2D eigenvalue weighted by molar-refractivity contribution is 6.33. The molecule has 33 valence electrons. The molecule has 1 atom stereocenters. The van der Waals surface area contributed by atoms with Crippen LogP contribution in [0.25, 0.3) is 0 Å². The van der Waals surface area contributed by atoms with Gasteiger partial charge in [-0.15, -0.1) is 23.2 Å². The first-order chi connectivity index (χ1) is 2.81. The Morgan fingerprint density at radius 1 is 1.83 bits per heavy atom. The third kappa shape index (κ3) is 2.32. The highest BCUT2D eigenvalue weighted by atomic mass is 35.5. The van der Waals surface area contributed by atoms with Gasteiger partial charge in [-0.3, -0.25) is 0 Å². The van der Waals surface area contributed by atoms with Gasteiger partial charge in [0.15, 0.2) is 0 Å². The van der Waals surface area contributed by atoms with Crippen LogP contribution in [0.1, 0.15) is 0 Å². The minimum atomic E-state index is -0.647. The summed E-state index contributed by atoms with van der Waals surface area (Å²) in [4.78, 5) is 0. The molecule has 3 heteroatoms. The Balaban J connectivity index is 3.04. The average Bonchev–Trinajstić information content (AvgIpc) is 1.65. The molecule has 0 aromatic rings. The van der Waals surface area contributed by atoms with Gasteiger partial charge >= 0.3 is 0 Å². The quantitative estimate of drug-likeness (QED) is 0.485. The van der Waals surface area contributed by atoms with Gasteiger partial charge in [0.05, 0.1) is 11.9 Å². The van der Waals surface area contributed by atoms with E-state index in [9.17, 15) is 0 Å². The maximum Gasteiger partial charge on any atom is 0.138 e. The SMILES string of the molecule is N#CC(Cl)[CH]Cl. The van der Waals surface area contributed by atoms with Crippen LogP contribution in [0.4, 0.5) is 0 Å². The monoisotopic (exact) mass is 122 g/mol. The van der Waals surface area contributed by atoms with Crippen LogP contribution >= 0.6 is 23.2 Å². The molecule has 0 fully saturated rings. The smallest absolute Gasteiger partial charge is 0.138 e. The predicted molar refractivity (Wildman–Crippen MR) is 25.4 cm³/mol. The molecule has 1 unspecified atom stereocenters. The van der Waals surface area contributed by atoms with E-state index < -0.39 is 5.38 Å². The molecule has 0 aromatic heterocycles. The van der Waals surface area contributed by atoms with E-state index in [-0.39, 0.29) is 0 Å². The van der Waals surface area contributed by atoms with E-state index in [4.69, 9.17) is 28.5 Å². The molecule has 0 bridgehead atoms. The van der Waals surface area contributed by atoms with E-state index in [1.165, 1.54) is 0 Å². The zero-order valence-electron chi connectivity index (χ0n) is 2.86. The number of nitrogens with zero attached hydrogens (tertiary/aromatic N) is 1. The number of alkyl halides is 1. The van der Waals surface area contributed by atoms with Gasteiger partial charge in [0, 0.05) is 0 Å².